The van der Waals surface area contributed by atoms with Gasteiger partial charge in [0.2, 0.25) is 0 Å². The number of nitrogens with one attached hydrogen (secondary N) is 2. The van der Waals surface area contributed by atoms with Crippen LogP contribution in [0, 0.1) is 0 Å². The summed E-state index contributed by atoms with van der Waals surface area (Å²) in [5.41, 5.74) is 0. The second-order valence-electron chi connectivity index (χ2n) is 4.16. The fraction of sp³-hybridized carbons (Fsp3) is 0.900. The van der Waals surface area contributed by atoms with Gasteiger partial charge in [-0.05, 0) is 33.6 Å². The van der Waals surface area contributed by atoms with Gasteiger partial charge in [-0.3, -0.25) is 0 Å². The lowest BCUT2D eigenvalue weighted by molar-refractivity contribution is 0.0573. The highest BCUT2D eigenvalue weighted by Crippen LogP contribution is 2.17. The Bertz CT molecular complexity index is 195. The highest BCUT2D eigenvalue weighted by molar-refractivity contribution is 5.74. The number of urea groups is 1. The number of ether oxygens (including phenoxy) is 1. The molecule has 82 valence electrons. The van der Waals surface area contributed by atoms with E-state index in [0.29, 0.717) is 12.6 Å². The van der Waals surface area contributed by atoms with Gasteiger partial charge in [-0.2, -0.15) is 0 Å². The molecule has 1 aliphatic rings. The standard InChI is InChI=1S/C10H20N2O2/c1-7(2)12-10(13)11-6-9-5-4-8(3)14-9/h7-9H,4-6H2,1-3H3,(H2,11,12,13). The molecule has 0 bridgehead atoms. The van der Waals surface area contributed by atoms with Gasteiger partial charge in [0.05, 0.1) is 12.2 Å². The fourth-order valence-electron chi connectivity index (χ4n) is 1.56. The van der Waals surface area contributed by atoms with Gasteiger partial charge in [0.25, 0.3) is 0 Å². The summed E-state index contributed by atoms with van der Waals surface area (Å²) in [6.45, 7) is 6.55. The highest BCUT2D eigenvalue weighted by atomic mass is 16.5. The number of amides is 2. The summed E-state index contributed by atoms with van der Waals surface area (Å²) >= 11 is 0. The van der Waals surface area contributed by atoms with Crippen LogP contribution in [0.1, 0.15) is 33.6 Å². The predicted octanol–water partition coefficient (Wildman–Crippen LogP) is 1.26. The fourth-order valence-corrected chi connectivity index (χ4v) is 1.56. The molecule has 0 aromatic heterocycles. The monoisotopic (exact) mass is 200 g/mol. The minimum absolute atomic E-state index is 0.108. The molecular weight excluding hydrogens is 180 g/mol. The first-order valence-corrected chi connectivity index (χ1v) is 5.27. The van der Waals surface area contributed by atoms with E-state index >= 15 is 0 Å². The third-order valence-electron chi connectivity index (χ3n) is 2.23. The van der Waals surface area contributed by atoms with Gasteiger partial charge in [-0.15, -0.1) is 0 Å². The summed E-state index contributed by atoms with van der Waals surface area (Å²) in [7, 11) is 0. The average molecular weight is 200 g/mol. The highest BCUT2D eigenvalue weighted by Gasteiger charge is 2.21. The molecule has 4 nitrogen and oxygen atoms in total. The molecule has 0 saturated carbocycles. The van der Waals surface area contributed by atoms with Crippen LogP contribution in [0.15, 0.2) is 0 Å². The maximum atomic E-state index is 11.2. The molecule has 2 unspecified atom stereocenters. The van der Waals surface area contributed by atoms with Gasteiger partial charge in [0.1, 0.15) is 0 Å². The van der Waals surface area contributed by atoms with Crippen LogP contribution in [0.5, 0.6) is 0 Å². The lowest BCUT2D eigenvalue weighted by atomic mass is 10.2. The molecule has 0 spiro atoms. The second-order valence-corrected chi connectivity index (χ2v) is 4.16. The number of hydrogen-bond donors (Lipinski definition) is 2. The Labute approximate surface area is 85.4 Å². The third-order valence-corrected chi connectivity index (χ3v) is 2.23. The van der Waals surface area contributed by atoms with Gasteiger partial charge >= 0.3 is 6.03 Å². The number of hydrogen-bond acceptors (Lipinski definition) is 2. The van der Waals surface area contributed by atoms with E-state index in [9.17, 15) is 4.79 Å². The Kier molecular flexibility index (Phi) is 4.20. The molecular formula is C10H20N2O2. The second kappa shape index (κ2) is 5.20. The molecule has 4 heteroatoms. The number of rotatable bonds is 3. The number of carbonyl (C=O) groups excluding carboxylic acids is 1. The predicted molar refractivity (Wildman–Crippen MR) is 55.2 cm³/mol. The van der Waals surface area contributed by atoms with Crippen LogP contribution in [0.25, 0.3) is 0 Å². The third kappa shape index (κ3) is 3.96. The van der Waals surface area contributed by atoms with E-state index in [1.165, 1.54) is 0 Å². The van der Waals surface area contributed by atoms with Crippen molar-refractivity contribution in [3.8, 4) is 0 Å². The SMILES string of the molecule is CC(C)NC(=O)NCC1CCC(C)O1. The summed E-state index contributed by atoms with van der Waals surface area (Å²) in [6, 6.07) is 0.0709. The van der Waals surface area contributed by atoms with E-state index in [1.807, 2.05) is 13.8 Å². The van der Waals surface area contributed by atoms with Crippen molar-refractivity contribution in [3.63, 3.8) is 0 Å². The quantitative estimate of drug-likeness (QED) is 0.720. The summed E-state index contributed by atoms with van der Waals surface area (Å²) < 4.78 is 5.57. The summed E-state index contributed by atoms with van der Waals surface area (Å²) in [4.78, 5) is 11.2. The lowest BCUT2D eigenvalue weighted by Crippen LogP contribution is -2.42. The molecule has 0 aromatic rings. The van der Waals surface area contributed by atoms with Crippen molar-refractivity contribution in [2.24, 2.45) is 0 Å². The molecule has 2 N–H and O–H groups in total. The van der Waals surface area contributed by atoms with Gasteiger partial charge < -0.3 is 15.4 Å². The summed E-state index contributed by atoms with van der Waals surface area (Å²) in [6.07, 6.45) is 2.68. The average Bonchev–Trinajstić information content (AvgIpc) is 2.47. The van der Waals surface area contributed by atoms with Crippen LogP contribution in [-0.2, 0) is 4.74 Å². The molecule has 0 aromatic carbocycles. The zero-order valence-electron chi connectivity index (χ0n) is 9.17. The van der Waals surface area contributed by atoms with Crippen LogP contribution in [0.3, 0.4) is 0 Å². The zero-order chi connectivity index (χ0) is 10.6. The van der Waals surface area contributed by atoms with E-state index in [2.05, 4.69) is 17.6 Å². The van der Waals surface area contributed by atoms with E-state index in [-0.39, 0.29) is 18.2 Å². The van der Waals surface area contributed by atoms with Gasteiger partial charge in [-0.25, -0.2) is 4.79 Å². The maximum Gasteiger partial charge on any atom is 0.315 e. The molecule has 1 aliphatic heterocycles. The Hall–Kier alpha value is -0.770. The Morgan fingerprint density at radius 1 is 1.50 bits per heavy atom. The van der Waals surface area contributed by atoms with E-state index in [4.69, 9.17) is 4.74 Å². The summed E-state index contributed by atoms with van der Waals surface area (Å²) in [5, 5.41) is 5.57. The molecule has 2 atom stereocenters. The van der Waals surface area contributed by atoms with Crippen molar-refractivity contribution >= 4 is 6.03 Å². The normalized spacial score (nSPS) is 26.6. The lowest BCUT2D eigenvalue weighted by Gasteiger charge is -2.14. The molecule has 1 fully saturated rings. The Morgan fingerprint density at radius 3 is 2.71 bits per heavy atom. The minimum Gasteiger partial charge on any atom is -0.373 e. The van der Waals surface area contributed by atoms with Gasteiger partial charge in [0, 0.05) is 12.6 Å². The first-order valence-electron chi connectivity index (χ1n) is 5.27. The summed E-state index contributed by atoms with van der Waals surface area (Å²) in [5.74, 6) is 0. The van der Waals surface area contributed by atoms with Crippen LogP contribution in [0.2, 0.25) is 0 Å². The first kappa shape index (κ1) is 11.3. The van der Waals surface area contributed by atoms with E-state index < -0.39 is 0 Å². The first-order chi connectivity index (χ1) is 6.58. The van der Waals surface area contributed by atoms with Crippen molar-refractivity contribution in [1.29, 1.82) is 0 Å². The maximum absolute atomic E-state index is 11.2. The van der Waals surface area contributed by atoms with Crippen molar-refractivity contribution in [3.05, 3.63) is 0 Å². The molecule has 0 radical (unpaired) electrons. The van der Waals surface area contributed by atoms with Crippen LogP contribution >= 0.6 is 0 Å². The molecule has 2 amide bonds. The smallest absolute Gasteiger partial charge is 0.315 e. The van der Waals surface area contributed by atoms with Crippen molar-refractivity contribution in [2.45, 2.75) is 51.9 Å². The molecule has 14 heavy (non-hydrogen) atoms. The van der Waals surface area contributed by atoms with E-state index in [0.717, 1.165) is 12.8 Å². The Balaban J connectivity index is 2.11. The van der Waals surface area contributed by atoms with Crippen LogP contribution < -0.4 is 10.6 Å². The zero-order valence-corrected chi connectivity index (χ0v) is 9.17. The topological polar surface area (TPSA) is 50.4 Å². The number of carbonyl (C=O) groups is 1. The van der Waals surface area contributed by atoms with Gasteiger partial charge in [0.15, 0.2) is 0 Å². The van der Waals surface area contributed by atoms with Crippen LogP contribution in [0.4, 0.5) is 4.79 Å². The van der Waals surface area contributed by atoms with Gasteiger partial charge in [-0.1, -0.05) is 0 Å². The Morgan fingerprint density at radius 2 is 2.21 bits per heavy atom. The molecule has 0 aliphatic carbocycles. The van der Waals surface area contributed by atoms with Crippen LogP contribution in [-0.4, -0.2) is 30.8 Å². The molecule has 1 heterocycles. The largest absolute Gasteiger partial charge is 0.373 e. The van der Waals surface area contributed by atoms with E-state index in [1.54, 1.807) is 0 Å². The van der Waals surface area contributed by atoms with Crippen molar-refractivity contribution < 1.29 is 9.53 Å². The minimum atomic E-state index is -0.108. The molecule has 1 rings (SSSR count). The van der Waals surface area contributed by atoms with Crippen molar-refractivity contribution in [2.75, 3.05) is 6.54 Å². The molecule has 1 saturated heterocycles. The van der Waals surface area contributed by atoms with Crippen molar-refractivity contribution in [1.82, 2.24) is 10.6 Å².